The van der Waals surface area contributed by atoms with Crippen molar-refractivity contribution in [3.8, 4) is 17.2 Å². The van der Waals surface area contributed by atoms with Gasteiger partial charge in [0, 0.05) is 32.2 Å². The molecule has 9 heteroatoms. The smallest absolute Gasteiger partial charge is 0.295 e. The zero-order valence-corrected chi connectivity index (χ0v) is 19.2. The minimum Gasteiger partial charge on any atom is -0.507 e. The van der Waals surface area contributed by atoms with E-state index in [9.17, 15) is 19.8 Å². The molecule has 2 N–H and O–H groups in total. The number of amides is 1. The van der Waals surface area contributed by atoms with Crippen molar-refractivity contribution in [2.75, 3.05) is 53.6 Å². The first-order valence-electron chi connectivity index (χ1n) is 11.0. The van der Waals surface area contributed by atoms with Crippen LogP contribution in [0.5, 0.6) is 17.2 Å². The Labute approximate surface area is 197 Å². The van der Waals surface area contributed by atoms with E-state index in [0.717, 1.165) is 13.1 Å². The van der Waals surface area contributed by atoms with Gasteiger partial charge < -0.3 is 29.3 Å². The van der Waals surface area contributed by atoms with Gasteiger partial charge in [0.05, 0.1) is 44.6 Å². The third-order valence-corrected chi connectivity index (χ3v) is 6.19. The molecule has 0 bridgehead atoms. The molecule has 2 aromatic carbocycles. The van der Waals surface area contributed by atoms with Crippen LogP contribution < -0.4 is 9.47 Å². The maximum atomic E-state index is 13.1. The van der Waals surface area contributed by atoms with Crippen molar-refractivity contribution < 1.29 is 34.0 Å². The van der Waals surface area contributed by atoms with Crippen LogP contribution >= 0.6 is 0 Å². The van der Waals surface area contributed by atoms with E-state index >= 15 is 0 Å². The van der Waals surface area contributed by atoms with Crippen LogP contribution in [-0.2, 0) is 14.3 Å². The summed E-state index contributed by atoms with van der Waals surface area (Å²) in [7, 11) is 3.01. The Morgan fingerprint density at radius 2 is 1.65 bits per heavy atom. The molecule has 1 unspecified atom stereocenters. The second-order valence-corrected chi connectivity index (χ2v) is 8.10. The van der Waals surface area contributed by atoms with Crippen LogP contribution in [0.3, 0.4) is 0 Å². The first-order chi connectivity index (χ1) is 16.4. The predicted molar refractivity (Wildman–Crippen MR) is 124 cm³/mol. The highest BCUT2D eigenvalue weighted by Crippen LogP contribution is 2.41. The number of nitrogens with zero attached hydrogens (tertiary/aromatic N) is 2. The van der Waals surface area contributed by atoms with Crippen LogP contribution in [0.15, 0.2) is 48.0 Å². The number of benzene rings is 2. The molecule has 1 atom stereocenters. The number of aliphatic hydroxyl groups excluding tert-OH is 1. The number of aromatic hydroxyl groups is 1. The molecule has 9 nitrogen and oxygen atoms in total. The Bertz CT molecular complexity index is 1090. The lowest BCUT2D eigenvalue weighted by Crippen LogP contribution is -2.42. The number of ether oxygens (including phenoxy) is 3. The third kappa shape index (κ3) is 4.57. The van der Waals surface area contributed by atoms with Gasteiger partial charge in [-0.1, -0.05) is 12.1 Å². The maximum absolute atomic E-state index is 13.1. The number of likely N-dealkylation sites (tertiary alicyclic amines) is 1. The van der Waals surface area contributed by atoms with E-state index in [-0.39, 0.29) is 16.9 Å². The summed E-state index contributed by atoms with van der Waals surface area (Å²) >= 11 is 0. The molecule has 2 heterocycles. The molecule has 1 amide bonds. The Hall–Kier alpha value is -3.56. The molecule has 0 radical (unpaired) electrons. The third-order valence-electron chi connectivity index (χ3n) is 6.19. The number of ketones is 1. The van der Waals surface area contributed by atoms with Gasteiger partial charge in [0.25, 0.3) is 11.7 Å². The lowest BCUT2D eigenvalue weighted by Gasteiger charge is -2.31. The number of hydrogen-bond donors (Lipinski definition) is 2. The van der Waals surface area contributed by atoms with Crippen molar-refractivity contribution in [3.63, 3.8) is 0 Å². The second kappa shape index (κ2) is 10.1. The van der Waals surface area contributed by atoms with Gasteiger partial charge in [0.2, 0.25) is 0 Å². The van der Waals surface area contributed by atoms with Crippen LogP contribution in [0.4, 0.5) is 0 Å². The molecule has 2 aliphatic heterocycles. The molecule has 0 saturated carbocycles. The zero-order chi connectivity index (χ0) is 24.2. The number of carbonyl (C=O) groups excluding carboxylic acids is 2. The Kier molecular flexibility index (Phi) is 7.04. The van der Waals surface area contributed by atoms with Crippen molar-refractivity contribution in [3.05, 3.63) is 59.2 Å². The summed E-state index contributed by atoms with van der Waals surface area (Å²) < 4.78 is 15.7. The van der Waals surface area contributed by atoms with E-state index in [0.29, 0.717) is 43.4 Å². The summed E-state index contributed by atoms with van der Waals surface area (Å²) in [5.41, 5.74) is 0.625. The molecule has 0 aliphatic carbocycles. The lowest BCUT2D eigenvalue weighted by atomic mass is 9.95. The number of carbonyl (C=O) groups is 2. The summed E-state index contributed by atoms with van der Waals surface area (Å²) in [5, 5.41) is 21.6. The number of phenols is 1. The minimum atomic E-state index is -0.812. The predicted octanol–water partition coefficient (Wildman–Crippen LogP) is 2.16. The van der Waals surface area contributed by atoms with Gasteiger partial charge in [-0.15, -0.1) is 0 Å². The fourth-order valence-corrected chi connectivity index (χ4v) is 4.30. The highest BCUT2D eigenvalue weighted by atomic mass is 16.5. The fraction of sp³-hybridized carbons (Fsp3) is 0.360. The van der Waals surface area contributed by atoms with Gasteiger partial charge in [0.1, 0.15) is 23.0 Å². The monoisotopic (exact) mass is 468 g/mol. The van der Waals surface area contributed by atoms with Crippen molar-refractivity contribution in [2.45, 2.75) is 6.04 Å². The van der Waals surface area contributed by atoms with Gasteiger partial charge in [-0.25, -0.2) is 0 Å². The largest absolute Gasteiger partial charge is 0.507 e. The highest BCUT2D eigenvalue weighted by Gasteiger charge is 2.46. The second-order valence-electron chi connectivity index (χ2n) is 8.10. The first-order valence-corrected chi connectivity index (χ1v) is 11.0. The number of rotatable bonds is 7. The van der Waals surface area contributed by atoms with Crippen LogP contribution in [0.1, 0.15) is 17.2 Å². The SMILES string of the molecule is COc1ccc(C2C(=C(O)c3ccc(OC)cc3O)C(=O)C(=O)N2CCN2CCOCC2)cc1. The molecule has 2 saturated heterocycles. The Morgan fingerprint density at radius 3 is 2.26 bits per heavy atom. The summed E-state index contributed by atoms with van der Waals surface area (Å²) in [6.45, 7) is 3.60. The number of methoxy groups -OCH3 is 2. The molecule has 2 fully saturated rings. The van der Waals surface area contributed by atoms with E-state index in [1.807, 2.05) is 0 Å². The Morgan fingerprint density at radius 1 is 1.00 bits per heavy atom. The van der Waals surface area contributed by atoms with Gasteiger partial charge in [-0.05, 0) is 29.8 Å². The van der Waals surface area contributed by atoms with Crippen LogP contribution in [0.2, 0.25) is 0 Å². The van der Waals surface area contributed by atoms with Crippen molar-refractivity contribution in [1.29, 1.82) is 0 Å². The molecular weight excluding hydrogens is 440 g/mol. The maximum Gasteiger partial charge on any atom is 0.295 e. The summed E-state index contributed by atoms with van der Waals surface area (Å²) in [6.07, 6.45) is 0. The van der Waals surface area contributed by atoms with Gasteiger partial charge >= 0.3 is 0 Å². The molecule has 2 aliphatic rings. The van der Waals surface area contributed by atoms with E-state index in [4.69, 9.17) is 14.2 Å². The molecule has 0 spiro atoms. The van der Waals surface area contributed by atoms with Crippen molar-refractivity contribution in [1.82, 2.24) is 9.80 Å². The first kappa shape index (κ1) is 23.6. The molecule has 4 rings (SSSR count). The number of hydrogen-bond acceptors (Lipinski definition) is 8. The lowest BCUT2D eigenvalue weighted by molar-refractivity contribution is -0.140. The van der Waals surface area contributed by atoms with Gasteiger partial charge in [-0.2, -0.15) is 0 Å². The zero-order valence-electron chi connectivity index (χ0n) is 19.2. The average molecular weight is 469 g/mol. The molecular formula is C25H28N2O7. The molecule has 180 valence electrons. The molecule has 0 aromatic heterocycles. The van der Waals surface area contributed by atoms with E-state index < -0.39 is 23.5 Å². The normalized spacial score (nSPS) is 20.5. The quantitative estimate of drug-likeness (QED) is 0.362. The summed E-state index contributed by atoms with van der Waals surface area (Å²) in [6, 6.07) is 10.5. The van der Waals surface area contributed by atoms with Crippen LogP contribution in [0, 0.1) is 0 Å². The van der Waals surface area contributed by atoms with Gasteiger partial charge in [-0.3, -0.25) is 14.5 Å². The number of Topliss-reactive ketones (excluding diaryl/α,β-unsaturated/α-hetero) is 1. The summed E-state index contributed by atoms with van der Waals surface area (Å²) in [4.78, 5) is 29.9. The molecule has 34 heavy (non-hydrogen) atoms. The van der Waals surface area contributed by atoms with Crippen molar-refractivity contribution in [2.24, 2.45) is 0 Å². The summed E-state index contributed by atoms with van der Waals surface area (Å²) in [5.74, 6) is -1.16. The highest BCUT2D eigenvalue weighted by molar-refractivity contribution is 6.46. The minimum absolute atomic E-state index is 0.0468. The Balaban J connectivity index is 1.75. The van der Waals surface area contributed by atoms with E-state index in [1.165, 1.54) is 24.1 Å². The standard InChI is InChI=1S/C25H28N2O7/c1-32-17-5-3-16(4-6-17)22-21(23(29)19-8-7-18(33-2)15-20(19)28)24(30)25(31)27(22)10-9-26-11-13-34-14-12-26/h3-8,15,22,28-29H,9-14H2,1-2H3. The number of aliphatic hydroxyl groups is 1. The topological polar surface area (TPSA) is 109 Å². The fourth-order valence-electron chi connectivity index (χ4n) is 4.30. The average Bonchev–Trinajstić information content (AvgIpc) is 3.12. The number of morpholine rings is 1. The molecule has 2 aromatic rings. The number of phenolic OH excluding ortho intramolecular Hbond substituents is 1. The van der Waals surface area contributed by atoms with Crippen LogP contribution in [-0.4, -0.2) is 85.3 Å². The van der Waals surface area contributed by atoms with Crippen LogP contribution in [0.25, 0.3) is 5.76 Å². The van der Waals surface area contributed by atoms with Crippen molar-refractivity contribution >= 4 is 17.4 Å². The van der Waals surface area contributed by atoms with E-state index in [2.05, 4.69) is 4.90 Å². The van der Waals surface area contributed by atoms with E-state index in [1.54, 1.807) is 37.4 Å². The van der Waals surface area contributed by atoms with Gasteiger partial charge in [0.15, 0.2) is 0 Å².